The van der Waals surface area contributed by atoms with E-state index in [0.717, 1.165) is 6.07 Å². The van der Waals surface area contributed by atoms with E-state index >= 15 is 0 Å². The van der Waals surface area contributed by atoms with Crippen molar-refractivity contribution >= 4 is 28.9 Å². The van der Waals surface area contributed by atoms with Crippen molar-refractivity contribution in [2.75, 3.05) is 12.3 Å². The number of benzene rings is 1. The molecule has 0 heterocycles. The largest absolute Gasteiger partial charge is 0.484 e. The van der Waals surface area contributed by atoms with Gasteiger partial charge in [0, 0.05) is 10.6 Å². The van der Waals surface area contributed by atoms with Gasteiger partial charge in [0.15, 0.2) is 11.6 Å². The smallest absolute Gasteiger partial charge is 0.178 e. The molecule has 76 valence electrons. The molecule has 0 aliphatic carbocycles. The van der Waals surface area contributed by atoms with Crippen LogP contribution >= 0.6 is 23.2 Å². The van der Waals surface area contributed by atoms with Crippen LogP contribution in [0.1, 0.15) is 0 Å². The third-order valence-electron chi connectivity index (χ3n) is 1.45. The summed E-state index contributed by atoms with van der Waals surface area (Å²) in [6.07, 6.45) is 1.52. The summed E-state index contributed by atoms with van der Waals surface area (Å²) in [7, 11) is 0. The molecule has 0 saturated carbocycles. The van der Waals surface area contributed by atoms with Crippen molar-refractivity contribution in [3.05, 3.63) is 34.6 Å². The summed E-state index contributed by atoms with van der Waals surface area (Å²) in [4.78, 5) is 0. The SMILES string of the molecule is Nc1cc(Cl)cc(F)c1OC/C=C/Cl. The maximum atomic E-state index is 13.2. The third kappa shape index (κ3) is 2.79. The molecule has 1 rings (SSSR count). The van der Waals surface area contributed by atoms with E-state index in [1.807, 2.05) is 0 Å². The van der Waals surface area contributed by atoms with Crippen molar-refractivity contribution in [3.63, 3.8) is 0 Å². The first kappa shape index (κ1) is 11.1. The van der Waals surface area contributed by atoms with E-state index in [1.165, 1.54) is 17.7 Å². The predicted molar refractivity (Wildman–Crippen MR) is 56.3 cm³/mol. The topological polar surface area (TPSA) is 35.2 Å². The molecule has 0 aliphatic heterocycles. The van der Waals surface area contributed by atoms with E-state index in [1.54, 1.807) is 0 Å². The minimum Gasteiger partial charge on any atom is -0.484 e. The average Bonchev–Trinajstić information content (AvgIpc) is 2.09. The minimum atomic E-state index is -0.585. The van der Waals surface area contributed by atoms with Crippen LogP contribution in [0.3, 0.4) is 0 Å². The molecule has 14 heavy (non-hydrogen) atoms. The molecule has 2 N–H and O–H groups in total. The molecule has 0 amide bonds. The Labute approximate surface area is 91.1 Å². The van der Waals surface area contributed by atoms with Crippen LogP contribution in [-0.2, 0) is 0 Å². The Hall–Kier alpha value is -0.930. The molecule has 0 aliphatic rings. The van der Waals surface area contributed by atoms with Gasteiger partial charge in [0.2, 0.25) is 0 Å². The quantitative estimate of drug-likeness (QED) is 0.818. The van der Waals surface area contributed by atoms with Crippen molar-refractivity contribution in [1.82, 2.24) is 0 Å². The van der Waals surface area contributed by atoms with Crippen LogP contribution in [0.25, 0.3) is 0 Å². The van der Waals surface area contributed by atoms with E-state index in [2.05, 4.69) is 0 Å². The number of nitrogens with two attached hydrogens (primary N) is 1. The van der Waals surface area contributed by atoms with Gasteiger partial charge in [-0.1, -0.05) is 23.2 Å². The van der Waals surface area contributed by atoms with Crippen LogP contribution in [-0.4, -0.2) is 6.61 Å². The van der Waals surface area contributed by atoms with E-state index in [4.69, 9.17) is 33.7 Å². The molecule has 0 radical (unpaired) electrons. The number of nitrogen functional groups attached to an aromatic ring is 1. The van der Waals surface area contributed by atoms with Gasteiger partial charge in [-0.25, -0.2) is 4.39 Å². The summed E-state index contributed by atoms with van der Waals surface area (Å²) in [6, 6.07) is 2.56. The molecule has 0 unspecified atom stereocenters. The fraction of sp³-hybridized carbons (Fsp3) is 0.111. The van der Waals surface area contributed by atoms with Crippen LogP contribution in [0.2, 0.25) is 5.02 Å². The highest BCUT2D eigenvalue weighted by Gasteiger charge is 2.08. The maximum absolute atomic E-state index is 13.2. The number of hydrogen-bond acceptors (Lipinski definition) is 2. The van der Waals surface area contributed by atoms with Gasteiger partial charge in [-0.3, -0.25) is 0 Å². The number of anilines is 1. The molecule has 1 aromatic carbocycles. The molecule has 0 saturated heterocycles. The lowest BCUT2D eigenvalue weighted by atomic mass is 10.3. The fourth-order valence-corrected chi connectivity index (χ4v) is 1.19. The van der Waals surface area contributed by atoms with Crippen LogP contribution in [0.5, 0.6) is 5.75 Å². The van der Waals surface area contributed by atoms with Crippen LogP contribution < -0.4 is 10.5 Å². The first-order valence-corrected chi connectivity index (χ1v) is 4.59. The predicted octanol–water partition coefficient (Wildman–Crippen LogP) is 3.19. The highest BCUT2D eigenvalue weighted by atomic mass is 35.5. The van der Waals surface area contributed by atoms with Gasteiger partial charge in [-0.05, 0) is 18.2 Å². The maximum Gasteiger partial charge on any atom is 0.178 e. The zero-order valence-electron chi connectivity index (χ0n) is 7.14. The lowest BCUT2D eigenvalue weighted by Gasteiger charge is -2.07. The summed E-state index contributed by atoms with van der Waals surface area (Å²) in [5.41, 5.74) is 6.94. The van der Waals surface area contributed by atoms with E-state index in [0.29, 0.717) is 0 Å². The second kappa shape index (κ2) is 5.08. The van der Waals surface area contributed by atoms with Gasteiger partial charge in [0.05, 0.1) is 5.69 Å². The summed E-state index contributed by atoms with van der Waals surface area (Å²) in [5.74, 6) is -0.595. The van der Waals surface area contributed by atoms with Gasteiger partial charge in [0.1, 0.15) is 6.61 Å². The standard InChI is InChI=1S/C9H8Cl2FNO/c10-2-1-3-14-9-7(12)4-6(11)5-8(9)13/h1-2,4-5H,3,13H2/b2-1+. The molecule has 1 aromatic rings. The van der Waals surface area contributed by atoms with Crippen LogP contribution in [0, 0.1) is 5.82 Å². The number of hydrogen-bond donors (Lipinski definition) is 1. The molecule has 0 fully saturated rings. The molecule has 2 nitrogen and oxygen atoms in total. The van der Waals surface area contributed by atoms with E-state index in [-0.39, 0.29) is 23.1 Å². The monoisotopic (exact) mass is 235 g/mol. The van der Waals surface area contributed by atoms with Gasteiger partial charge < -0.3 is 10.5 Å². The molecule has 0 aromatic heterocycles. The Morgan fingerprint density at radius 1 is 1.50 bits per heavy atom. The van der Waals surface area contributed by atoms with Gasteiger partial charge in [-0.2, -0.15) is 0 Å². The zero-order valence-corrected chi connectivity index (χ0v) is 8.65. The zero-order chi connectivity index (χ0) is 10.6. The second-order valence-corrected chi connectivity index (χ2v) is 3.17. The summed E-state index contributed by atoms with van der Waals surface area (Å²) in [6.45, 7) is 0.159. The van der Waals surface area contributed by atoms with Crippen LogP contribution in [0.4, 0.5) is 10.1 Å². The van der Waals surface area contributed by atoms with Crippen molar-refractivity contribution in [2.24, 2.45) is 0 Å². The van der Waals surface area contributed by atoms with E-state index in [9.17, 15) is 4.39 Å². The fourth-order valence-electron chi connectivity index (χ4n) is 0.900. The normalized spacial score (nSPS) is 10.8. The Bertz CT molecular complexity index is 332. The molecule has 0 spiro atoms. The minimum absolute atomic E-state index is 0.0100. The lowest BCUT2D eigenvalue weighted by molar-refractivity contribution is 0.344. The lowest BCUT2D eigenvalue weighted by Crippen LogP contribution is -2.00. The molecule has 0 atom stereocenters. The summed E-state index contributed by atoms with van der Waals surface area (Å²) < 4.78 is 18.2. The first-order valence-electron chi connectivity index (χ1n) is 3.77. The van der Waals surface area contributed by atoms with Gasteiger partial charge >= 0.3 is 0 Å². The average molecular weight is 236 g/mol. The Morgan fingerprint density at radius 3 is 2.79 bits per heavy atom. The number of ether oxygens (including phenoxy) is 1. The highest BCUT2D eigenvalue weighted by Crippen LogP contribution is 2.28. The Kier molecular flexibility index (Phi) is 4.04. The summed E-state index contributed by atoms with van der Waals surface area (Å²) >= 11 is 10.8. The highest BCUT2D eigenvalue weighted by molar-refractivity contribution is 6.30. The van der Waals surface area contributed by atoms with Gasteiger partial charge in [0.25, 0.3) is 0 Å². The first-order chi connectivity index (χ1) is 6.65. The Balaban J connectivity index is 2.85. The van der Waals surface area contributed by atoms with Crippen molar-refractivity contribution in [2.45, 2.75) is 0 Å². The van der Waals surface area contributed by atoms with Crippen molar-refractivity contribution < 1.29 is 9.13 Å². The Morgan fingerprint density at radius 2 is 2.21 bits per heavy atom. The second-order valence-electron chi connectivity index (χ2n) is 2.48. The number of halogens is 3. The van der Waals surface area contributed by atoms with Crippen molar-refractivity contribution in [3.8, 4) is 5.75 Å². The number of rotatable bonds is 3. The molecule has 5 heteroatoms. The van der Waals surface area contributed by atoms with Crippen LogP contribution in [0.15, 0.2) is 23.7 Å². The molecular formula is C9H8Cl2FNO. The third-order valence-corrected chi connectivity index (χ3v) is 1.85. The summed E-state index contributed by atoms with van der Waals surface area (Å²) in [5, 5.41) is 0.236. The van der Waals surface area contributed by atoms with Crippen molar-refractivity contribution in [1.29, 1.82) is 0 Å². The van der Waals surface area contributed by atoms with E-state index < -0.39 is 5.82 Å². The molecule has 0 bridgehead atoms. The van der Waals surface area contributed by atoms with Gasteiger partial charge in [-0.15, -0.1) is 0 Å². The molecular weight excluding hydrogens is 228 g/mol.